The Balaban J connectivity index is 2.18. The number of rotatable bonds is 1. The number of aryl methyl sites for hydroxylation is 2. The van der Waals surface area contributed by atoms with Crippen molar-refractivity contribution in [2.24, 2.45) is 0 Å². The quantitative estimate of drug-likeness (QED) is 0.677. The predicted molar refractivity (Wildman–Crippen MR) is 75.3 cm³/mol. The van der Waals surface area contributed by atoms with Crippen LogP contribution < -0.4 is 0 Å². The van der Waals surface area contributed by atoms with E-state index in [1.165, 1.54) is 23.0 Å². The summed E-state index contributed by atoms with van der Waals surface area (Å²) in [6.45, 7) is 3.96. The van der Waals surface area contributed by atoms with Crippen LogP contribution in [-0.2, 0) is 0 Å². The average Bonchev–Trinajstić information content (AvgIpc) is 2.82. The molecule has 3 nitrogen and oxygen atoms in total. The van der Waals surface area contributed by atoms with E-state index in [1.807, 2.05) is 26.0 Å². The van der Waals surface area contributed by atoms with E-state index < -0.39 is 11.7 Å². The van der Waals surface area contributed by atoms with Crippen molar-refractivity contribution in [1.29, 1.82) is 0 Å². The van der Waals surface area contributed by atoms with Gasteiger partial charge in [-0.05, 0) is 49.2 Å². The van der Waals surface area contributed by atoms with Crippen LogP contribution >= 0.6 is 0 Å². The molecule has 0 saturated carbocycles. The summed E-state index contributed by atoms with van der Waals surface area (Å²) in [4.78, 5) is 16.6. The van der Waals surface area contributed by atoms with E-state index >= 15 is 0 Å². The number of hydrogen-bond acceptors (Lipinski definition) is 2. The Bertz CT molecular complexity index is 820. The van der Waals surface area contributed by atoms with Crippen molar-refractivity contribution in [3.05, 3.63) is 65.2 Å². The van der Waals surface area contributed by atoms with Crippen LogP contribution in [0.1, 0.15) is 21.5 Å². The van der Waals surface area contributed by atoms with Gasteiger partial charge in [0.2, 0.25) is 0 Å². The Morgan fingerprint density at radius 2 is 1.85 bits per heavy atom. The molecule has 0 unspecified atom stereocenters. The lowest BCUT2D eigenvalue weighted by molar-refractivity contribution is 0.0960. The predicted octanol–water partition coefficient (Wildman–Crippen LogP) is 3.48. The third-order valence-corrected chi connectivity index (χ3v) is 3.49. The topological polar surface area (TPSA) is 34.9 Å². The molecule has 0 aliphatic heterocycles. The van der Waals surface area contributed by atoms with Crippen LogP contribution in [0.5, 0.6) is 0 Å². The molecule has 0 N–H and O–H groups in total. The van der Waals surface area contributed by atoms with Crippen LogP contribution in [-0.4, -0.2) is 15.5 Å². The molecule has 0 aliphatic rings. The lowest BCUT2D eigenvalue weighted by Gasteiger charge is -2.05. The van der Waals surface area contributed by atoms with Crippen LogP contribution in [0.3, 0.4) is 0 Å². The van der Waals surface area contributed by atoms with E-state index in [9.17, 15) is 9.18 Å². The van der Waals surface area contributed by atoms with E-state index in [4.69, 9.17) is 0 Å². The summed E-state index contributed by atoms with van der Waals surface area (Å²) >= 11 is 0. The molecule has 3 aromatic rings. The second-order valence-electron chi connectivity index (χ2n) is 4.82. The van der Waals surface area contributed by atoms with Crippen molar-refractivity contribution >= 4 is 16.9 Å². The largest absolute Gasteiger partial charge is 0.268 e. The third kappa shape index (κ3) is 1.90. The number of halogens is 1. The molecule has 0 spiro atoms. The molecule has 0 bridgehead atoms. The highest BCUT2D eigenvalue weighted by atomic mass is 19.1. The lowest BCUT2D eigenvalue weighted by Crippen LogP contribution is -2.12. The highest BCUT2D eigenvalue weighted by Gasteiger charge is 2.16. The van der Waals surface area contributed by atoms with Crippen LogP contribution in [0.15, 0.2) is 42.7 Å². The van der Waals surface area contributed by atoms with E-state index in [-0.39, 0.29) is 5.56 Å². The minimum Gasteiger partial charge on any atom is -0.268 e. The fourth-order valence-corrected chi connectivity index (χ4v) is 2.19. The summed E-state index contributed by atoms with van der Waals surface area (Å²) in [7, 11) is 0. The summed E-state index contributed by atoms with van der Waals surface area (Å²) in [5, 5.41) is 0. The van der Waals surface area contributed by atoms with Gasteiger partial charge in [-0.25, -0.2) is 9.37 Å². The second kappa shape index (κ2) is 4.56. The summed E-state index contributed by atoms with van der Waals surface area (Å²) < 4.78 is 15.1. The highest BCUT2D eigenvalue weighted by Crippen LogP contribution is 2.20. The van der Waals surface area contributed by atoms with E-state index in [2.05, 4.69) is 4.98 Å². The summed E-state index contributed by atoms with van der Waals surface area (Å²) in [6.07, 6.45) is 1.44. The molecular formula is C16H13FN2O. The van der Waals surface area contributed by atoms with Gasteiger partial charge in [-0.2, -0.15) is 0 Å². The average molecular weight is 268 g/mol. The van der Waals surface area contributed by atoms with Gasteiger partial charge in [0.25, 0.3) is 5.91 Å². The van der Waals surface area contributed by atoms with Gasteiger partial charge in [0.15, 0.2) is 0 Å². The summed E-state index contributed by atoms with van der Waals surface area (Å²) in [6, 6.07) is 9.79. The van der Waals surface area contributed by atoms with E-state index in [0.717, 1.165) is 16.6 Å². The fraction of sp³-hybridized carbons (Fsp3) is 0.125. The van der Waals surface area contributed by atoms with Gasteiger partial charge in [-0.3, -0.25) is 9.36 Å². The first-order valence-corrected chi connectivity index (χ1v) is 6.31. The van der Waals surface area contributed by atoms with Crippen molar-refractivity contribution in [2.75, 3.05) is 0 Å². The molecule has 0 saturated heterocycles. The monoisotopic (exact) mass is 268 g/mol. The molecule has 3 rings (SSSR count). The number of aromatic nitrogens is 2. The molecule has 4 heteroatoms. The van der Waals surface area contributed by atoms with Crippen LogP contribution in [0.25, 0.3) is 11.0 Å². The summed E-state index contributed by atoms with van der Waals surface area (Å²) in [5.41, 5.74) is 3.66. The molecule has 0 aliphatic carbocycles. The maximum Gasteiger partial charge on any atom is 0.266 e. The first-order chi connectivity index (χ1) is 9.58. The van der Waals surface area contributed by atoms with Crippen molar-refractivity contribution in [2.45, 2.75) is 13.8 Å². The Labute approximate surface area is 115 Å². The molecular weight excluding hydrogens is 255 g/mol. The zero-order valence-corrected chi connectivity index (χ0v) is 11.2. The zero-order valence-electron chi connectivity index (χ0n) is 11.2. The number of carbonyl (C=O) groups is 1. The van der Waals surface area contributed by atoms with Gasteiger partial charge in [0, 0.05) is 0 Å². The van der Waals surface area contributed by atoms with Crippen LogP contribution in [0.2, 0.25) is 0 Å². The first kappa shape index (κ1) is 12.5. The normalized spacial score (nSPS) is 10.9. The molecule has 2 aromatic carbocycles. The first-order valence-electron chi connectivity index (χ1n) is 6.31. The van der Waals surface area contributed by atoms with E-state index in [1.54, 1.807) is 12.1 Å². The van der Waals surface area contributed by atoms with Gasteiger partial charge in [-0.1, -0.05) is 12.1 Å². The molecule has 20 heavy (non-hydrogen) atoms. The van der Waals surface area contributed by atoms with Crippen LogP contribution in [0.4, 0.5) is 4.39 Å². The highest BCUT2D eigenvalue weighted by molar-refractivity contribution is 6.01. The van der Waals surface area contributed by atoms with Crippen LogP contribution in [0, 0.1) is 19.7 Å². The van der Waals surface area contributed by atoms with Crippen molar-refractivity contribution in [1.82, 2.24) is 9.55 Å². The smallest absolute Gasteiger partial charge is 0.266 e. The fourth-order valence-electron chi connectivity index (χ4n) is 2.19. The maximum absolute atomic E-state index is 13.7. The Morgan fingerprint density at radius 1 is 1.15 bits per heavy atom. The minimum absolute atomic E-state index is 0.0463. The number of carbonyl (C=O) groups excluding carboxylic acids is 1. The van der Waals surface area contributed by atoms with E-state index in [0.29, 0.717) is 5.52 Å². The van der Waals surface area contributed by atoms with Gasteiger partial charge >= 0.3 is 0 Å². The molecule has 0 atom stereocenters. The Kier molecular flexibility index (Phi) is 2.86. The standard InChI is InChI=1S/C16H13FN2O/c1-10-7-14-15(8-11(10)2)19(9-18-14)16(20)12-5-3-4-6-13(12)17/h3-9H,1-2H3. The number of imidazole rings is 1. The van der Waals surface area contributed by atoms with Crippen molar-refractivity contribution in [3.8, 4) is 0 Å². The SMILES string of the molecule is Cc1cc2ncn(C(=O)c3ccccc3F)c2cc1C. The lowest BCUT2D eigenvalue weighted by atomic mass is 10.1. The van der Waals surface area contributed by atoms with Gasteiger partial charge in [0.05, 0.1) is 16.6 Å². The van der Waals surface area contributed by atoms with Gasteiger partial charge in [0.1, 0.15) is 12.1 Å². The zero-order chi connectivity index (χ0) is 14.3. The molecule has 100 valence electrons. The molecule has 0 radical (unpaired) electrons. The Morgan fingerprint density at radius 3 is 2.60 bits per heavy atom. The number of benzene rings is 2. The second-order valence-corrected chi connectivity index (χ2v) is 4.82. The van der Waals surface area contributed by atoms with Crippen molar-refractivity contribution in [3.63, 3.8) is 0 Å². The van der Waals surface area contributed by atoms with Gasteiger partial charge < -0.3 is 0 Å². The minimum atomic E-state index is -0.525. The summed E-state index contributed by atoms with van der Waals surface area (Å²) in [5.74, 6) is -0.933. The Hall–Kier alpha value is -2.49. The van der Waals surface area contributed by atoms with Crippen molar-refractivity contribution < 1.29 is 9.18 Å². The number of hydrogen-bond donors (Lipinski definition) is 0. The number of fused-ring (bicyclic) bond motifs is 1. The molecule has 1 aromatic heterocycles. The molecule has 0 fully saturated rings. The molecule has 0 amide bonds. The maximum atomic E-state index is 13.7. The third-order valence-electron chi connectivity index (χ3n) is 3.49. The molecule has 1 heterocycles. The van der Waals surface area contributed by atoms with Gasteiger partial charge in [-0.15, -0.1) is 0 Å². The number of nitrogens with zero attached hydrogens (tertiary/aromatic N) is 2.